The number of fused-ring (bicyclic) bond motifs is 1. The molecule has 0 unspecified atom stereocenters. The van der Waals surface area contributed by atoms with Crippen LogP contribution in [0.5, 0.6) is 5.88 Å². The number of pyridine rings is 1. The number of hydrogen-bond donors (Lipinski definition) is 1. The normalized spacial score (nSPS) is 10.5. The Morgan fingerprint density at radius 1 is 1.31 bits per heavy atom. The highest BCUT2D eigenvalue weighted by Crippen LogP contribution is 2.20. The van der Waals surface area contributed by atoms with Crippen LogP contribution in [0.4, 0.5) is 0 Å². The summed E-state index contributed by atoms with van der Waals surface area (Å²) in [6.45, 7) is -0.337. The second-order valence-corrected chi connectivity index (χ2v) is 2.80. The summed E-state index contributed by atoms with van der Waals surface area (Å²) >= 11 is 0. The fourth-order valence-electron chi connectivity index (χ4n) is 1.35. The molecule has 0 amide bonds. The first kappa shape index (κ1) is 8.01. The Hall–Kier alpha value is -1.61. The molecule has 2 rings (SSSR count). The highest BCUT2D eigenvalue weighted by atomic mass is 16.3. The van der Waals surface area contributed by atoms with E-state index in [1.165, 1.54) is 6.07 Å². The number of aromatic nitrogens is 1. The maximum Gasteiger partial charge on any atom is 0.211 e. The van der Waals surface area contributed by atoms with Crippen molar-refractivity contribution in [3.05, 3.63) is 35.9 Å². The molecule has 1 aromatic carbocycles. The summed E-state index contributed by atoms with van der Waals surface area (Å²) in [6.07, 6.45) is 0. The van der Waals surface area contributed by atoms with Crippen LogP contribution >= 0.6 is 0 Å². The van der Waals surface area contributed by atoms with E-state index in [1.807, 2.05) is 18.2 Å². The zero-order chi connectivity index (χ0) is 9.26. The Morgan fingerprint density at radius 2 is 2.08 bits per heavy atom. The number of aromatic hydroxyl groups is 1. The van der Waals surface area contributed by atoms with Gasteiger partial charge in [-0.3, -0.25) is 0 Å². The Morgan fingerprint density at radius 3 is 2.85 bits per heavy atom. The lowest BCUT2D eigenvalue weighted by molar-refractivity contribution is 0.178. The zero-order valence-electron chi connectivity index (χ0n) is 6.90. The van der Waals surface area contributed by atoms with Gasteiger partial charge in [0.05, 0.1) is 5.52 Å². The molecule has 2 aromatic rings. The number of nitrogens with zero attached hydrogens (tertiary/aromatic N) is 1. The van der Waals surface area contributed by atoms with Crippen LogP contribution in [-0.4, -0.2) is 10.1 Å². The highest BCUT2D eigenvalue weighted by molar-refractivity contribution is 5.82. The molecule has 0 spiro atoms. The fraction of sp³-hybridized carbons (Fsp3) is 0.100. The van der Waals surface area contributed by atoms with Gasteiger partial charge < -0.3 is 5.11 Å². The summed E-state index contributed by atoms with van der Waals surface area (Å²) in [5.74, 6) is -0.0930. The predicted octanol–water partition coefficient (Wildman–Crippen LogP) is 1.87. The standard InChI is InChI=1S/C10H8NO2/c12-6-7-5-10(13)11-9-4-2-1-3-8(7)9/h1-5H,6H2,(H,11,13). The van der Waals surface area contributed by atoms with Gasteiger partial charge in [-0.1, -0.05) is 18.2 Å². The molecule has 0 bridgehead atoms. The average Bonchev–Trinajstić information content (AvgIpc) is 2.16. The molecule has 0 saturated heterocycles. The first-order chi connectivity index (χ1) is 6.31. The van der Waals surface area contributed by atoms with Crippen LogP contribution in [0.3, 0.4) is 0 Å². The SMILES string of the molecule is [O]Cc1cc(O)nc2ccccc12. The molecule has 1 heterocycles. The van der Waals surface area contributed by atoms with Gasteiger partial charge >= 0.3 is 0 Å². The average molecular weight is 174 g/mol. The molecule has 3 heteroatoms. The van der Waals surface area contributed by atoms with E-state index >= 15 is 0 Å². The van der Waals surface area contributed by atoms with Gasteiger partial charge in [-0.2, -0.15) is 0 Å². The summed E-state index contributed by atoms with van der Waals surface area (Å²) in [6, 6.07) is 8.68. The minimum absolute atomic E-state index is 0.0930. The van der Waals surface area contributed by atoms with Crippen molar-refractivity contribution in [1.82, 2.24) is 4.98 Å². The van der Waals surface area contributed by atoms with E-state index in [2.05, 4.69) is 4.98 Å². The van der Waals surface area contributed by atoms with Gasteiger partial charge in [0.15, 0.2) is 0 Å². The second kappa shape index (κ2) is 3.03. The van der Waals surface area contributed by atoms with Gasteiger partial charge in [-0.15, -0.1) is 0 Å². The summed E-state index contributed by atoms with van der Waals surface area (Å²) in [5, 5.41) is 20.8. The van der Waals surface area contributed by atoms with E-state index in [-0.39, 0.29) is 12.5 Å². The summed E-state index contributed by atoms with van der Waals surface area (Å²) in [5.41, 5.74) is 1.25. The maximum atomic E-state index is 10.8. The van der Waals surface area contributed by atoms with E-state index in [0.29, 0.717) is 11.1 Å². The maximum absolute atomic E-state index is 10.8. The Labute approximate surface area is 75.3 Å². The summed E-state index contributed by atoms with van der Waals surface area (Å²) in [7, 11) is 0. The second-order valence-electron chi connectivity index (χ2n) is 2.80. The van der Waals surface area contributed by atoms with Gasteiger partial charge in [-0.05, 0) is 11.6 Å². The molecular weight excluding hydrogens is 166 g/mol. The van der Waals surface area contributed by atoms with Crippen LogP contribution in [-0.2, 0) is 11.7 Å². The Bertz CT molecular complexity index is 440. The smallest absolute Gasteiger partial charge is 0.211 e. The lowest BCUT2D eigenvalue weighted by atomic mass is 10.1. The third kappa shape index (κ3) is 1.34. The molecule has 0 saturated carbocycles. The lowest BCUT2D eigenvalue weighted by Crippen LogP contribution is -1.87. The first-order valence-corrected chi connectivity index (χ1v) is 3.97. The van der Waals surface area contributed by atoms with Crippen LogP contribution in [0, 0.1) is 0 Å². The number of para-hydroxylation sites is 1. The van der Waals surface area contributed by atoms with E-state index < -0.39 is 0 Å². The molecule has 65 valence electrons. The van der Waals surface area contributed by atoms with Gasteiger partial charge in [0.1, 0.15) is 6.61 Å². The van der Waals surface area contributed by atoms with Gasteiger partial charge in [0.25, 0.3) is 0 Å². The van der Waals surface area contributed by atoms with E-state index in [4.69, 9.17) is 0 Å². The largest absolute Gasteiger partial charge is 0.493 e. The van der Waals surface area contributed by atoms with Crippen LogP contribution < -0.4 is 0 Å². The summed E-state index contributed by atoms with van der Waals surface area (Å²) < 4.78 is 0. The lowest BCUT2D eigenvalue weighted by Gasteiger charge is -2.02. The molecule has 1 N–H and O–H groups in total. The minimum atomic E-state index is -0.337. The van der Waals surface area contributed by atoms with Crippen molar-refractivity contribution in [3.8, 4) is 5.88 Å². The topological polar surface area (TPSA) is 53.0 Å². The number of hydrogen-bond acceptors (Lipinski definition) is 2. The molecule has 0 aliphatic rings. The first-order valence-electron chi connectivity index (χ1n) is 3.97. The molecular formula is C10H8NO2. The number of rotatable bonds is 1. The van der Waals surface area contributed by atoms with Crippen LogP contribution in [0.25, 0.3) is 10.9 Å². The Kier molecular flexibility index (Phi) is 1.87. The van der Waals surface area contributed by atoms with Crippen molar-refractivity contribution < 1.29 is 10.2 Å². The quantitative estimate of drug-likeness (QED) is 0.717. The third-order valence-electron chi connectivity index (χ3n) is 1.94. The molecule has 13 heavy (non-hydrogen) atoms. The van der Waals surface area contributed by atoms with Crippen molar-refractivity contribution in [2.75, 3.05) is 0 Å². The van der Waals surface area contributed by atoms with Gasteiger partial charge in [-0.25, -0.2) is 10.1 Å². The highest BCUT2D eigenvalue weighted by Gasteiger charge is 2.03. The van der Waals surface area contributed by atoms with Crippen molar-refractivity contribution in [2.24, 2.45) is 0 Å². The minimum Gasteiger partial charge on any atom is -0.493 e. The zero-order valence-corrected chi connectivity index (χ0v) is 6.90. The van der Waals surface area contributed by atoms with Crippen LogP contribution in [0.1, 0.15) is 5.56 Å². The van der Waals surface area contributed by atoms with Gasteiger partial charge in [0, 0.05) is 11.5 Å². The van der Waals surface area contributed by atoms with Crippen molar-refractivity contribution in [2.45, 2.75) is 6.61 Å². The predicted molar refractivity (Wildman–Crippen MR) is 47.8 cm³/mol. The molecule has 1 aromatic heterocycles. The molecule has 1 radical (unpaired) electrons. The van der Waals surface area contributed by atoms with Crippen molar-refractivity contribution in [1.29, 1.82) is 0 Å². The molecule has 0 atom stereocenters. The fourth-order valence-corrected chi connectivity index (χ4v) is 1.35. The monoisotopic (exact) mass is 174 g/mol. The third-order valence-corrected chi connectivity index (χ3v) is 1.94. The van der Waals surface area contributed by atoms with Crippen LogP contribution in [0.2, 0.25) is 0 Å². The molecule has 0 aliphatic carbocycles. The van der Waals surface area contributed by atoms with Gasteiger partial charge in [0.2, 0.25) is 5.88 Å². The van der Waals surface area contributed by atoms with E-state index in [9.17, 15) is 10.2 Å². The van der Waals surface area contributed by atoms with E-state index in [1.54, 1.807) is 6.07 Å². The number of benzene rings is 1. The van der Waals surface area contributed by atoms with Crippen LogP contribution in [0.15, 0.2) is 30.3 Å². The summed E-state index contributed by atoms with van der Waals surface area (Å²) in [4.78, 5) is 3.90. The molecule has 0 aliphatic heterocycles. The van der Waals surface area contributed by atoms with Crippen molar-refractivity contribution >= 4 is 10.9 Å². The molecule has 3 nitrogen and oxygen atoms in total. The van der Waals surface area contributed by atoms with E-state index in [0.717, 1.165) is 5.39 Å². The van der Waals surface area contributed by atoms with Crippen molar-refractivity contribution in [3.63, 3.8) is 0 Å². The Balaban J connectivity index is 2.81. The molecule has 0 fully saturated rings.